The van der Waals surface area contributed by atoms with Crippen molar-refractivity contribution in [2.45, 2.75) is 167 Å². The fraction of sp³-hybridized carbons (Fsp3) is 0.721. The Morgan fingerprint density at radius 2 is 0.741 bits per heavy atom. The number of ether oxygens (including phenoxy) is 1. The molecule has 0 saturated carbocycles. The smallest absolute Gasteiger partial charge is 0.548 e. The number of aliphatic hydroxyl groups excluding tert-OH is 2. The van der Waals surface area contributed by atoms with Crippen LogP contribution in [0.2, 0.25) is 0 Å². The predicted molar refractivity (Wildman–Crippen MR) is 214 cm³/mol. The number of hydrogen-bond acceptors (Lipinski definition) is 8. The van der Waals surface area contributed by atoms with Crippen molar-refractivity contribution in [3.63, 3.8) is 0 Å². The zero-order chi connectivity index (χ0) is 39.3. The molecule has 0 atom stereocenters. The largest absolute Gasteiger partial charge is 1.00 e. The second kappa shape index (κ2) is 48.8. The van der Waals surface area contributed by atoms with E-state index in [1.165, 1.54) is 77.7 Å². The summed E-state index contributed by atoms with van der Waals surface area (Å²) in [6, 6.07) is 0. The fourth-order valence-electron chi connectivity index (χ4n) is 5.15. The Hall–Kier alpha value is -2.24. The third-order valence-corrected chi connectivity index (χ3v) is 8.34. The monoisotopic (exact) mass is 771 g/mol. The van der Waals surface area contributed by atoms with Gasteiger partial charge in [-0.15, -0.1) is 0 Å². The maximum atomic E-state index is 11.5. The number of aliphatic carboxylic acids is 1. The number of hydrogen-bond donors (Lipinski definition) is 4. The maximum absolute atomic E-state index is 11.5. The van der Waals surface area contributed by atoms with E-state index in [0.717, 1.165) is 83.5 Å². The molecule has 0 bridgehead atoms. The molecule has 0 aromatic rings. The molecule has 0 heterocycles. The van der Waals surface area contributed by atoms with Crippen molar-refractivity contribution in [3.8, 4) is 0 Å². The third-order valence-electron chi connectivity index (χ3n) is 8.34. The van der Waals surface area contributed by atoms with E-state index in [0.29, 0.717) is 26.1 Å². The normalized spacial score (nSPS) is 11.2. The summed E-state index contributed by atoms with van der Waals surface area (Å²) in [6.45, 7) is 0.146. The van der Waals surface area contributed by atoms with Crippen LogP contribution < -0.4 is 45.3 Å². The van der Waals surface area contributed by atoms with E-state index in [1.807, 2.05) is 0 Å². The topological polar surface area (TPSA) is 165 Å². The molecular formula is C43H75N2NaO8. The van der Waals surface area contributed by atoms with Crippen molar-refractivity contribution in [1.82, 2.24) is 10.6 Å². The first-order valence-electron chi connectivity index (χ1n) is 20.5. The summed E-state index contributed by atoms with van der Waals surface area (Å²) in [4.78, 5) is 43.8. The van der Waals surface area contributed by atoms with Crippen molar-refractivity contribution < 1.29 is 68.8 Å². The molecule has 10 nitrogen and oxygen atoms in total. The van der Waals surface area contributed by atoms with Gasteiger partial charge >= 0.3 is 35.5 Å². The number of carboxylic acids is 1. The molecule has 0 aromatic carbocycles. The number of aliphatic hydroxyl groups is 2. The number of esters is 1. The van der Waals surface area contributed by atoms with Crippen LogP contribution in [-0.2, 0) is 23.9 Å². The Kier molecular flexibility index (Phi) is 50.7. The van der Waals surface area contributed by atoms with E-state index < -0.39 is 18.5 Å². The van der Waals surface area contributed by atoms with Crippen LogP contribution >= 0.6 is 0 Å². The molecule has 0 unspecified atom stereocenters. The Morgan fingerprint density at radius 3 is 1.04 bits per heavy atom. The van der Waals surface area contributed by atoms with Crippen LogP contribution in [0.1, 0.15) is 167 Å². The van der Waals surface area contributed by atoms with Crippen LogP contribution in [0.15, 0.2) is 48.6 Å². The molecule has 0 rings (SSSR count). The Bertz CT molecular complexity index is 985. The number of amides is 2. The van der Waals surface area contributed by atoms with Gasteiger partial charge < -0.3 is 35.5 Å². The van der Waals surface area contributed by atoms with Gasteiger partial charge in [-0.1, -0.05) is 87.1 Å². The first-order chi connectivity index (χ1) is 25.9. The molecule has 0 fully saturated rings. The molecule has 11 heteroatoms. The van der Waals surface area contributed by atoms with Gasteiger partial charge in [-0.3, -0.25) is 14.4 Å². The number of methoxy groups -OCH3 is 1. The zero-order valence-corrected chi connectivity index (χ0v) is 36.2. The molecule has 0 spiro atoms. The average Bonchev–Trinajstić information content (AvgIpc) is 3.15. The predicted octanol–water partition coefficient (Wildman–Crippen LogP) is 4.48. The minimum atomic E-state index is -1.26. The van der Waals surface area contributed by atoms with Crippen molar-refractivity contribution in [3.05, 3.63) is 48.6 Å². The number of nitrogens with one attached hydrogen (secondary N) is 2. The zero-order valence-electron chi connectivity index (χ0n) is 34.2. The first kappa shape index (κ1) is 56.1. The van der Waals surface area contributed by atoms with Crippen LogP contribution in [0.3, 0.4) is 0 Å². The summed E-state index contributed by atoms with van der Waals surface area (Å²) in [6.07, 6.45) is 45.1. The fourth-order valence-corrected chi connectivity index (χ4v) is 5.15. The second-order valence-electron chi connectivity index (χ2n) is 13.3. The summed E-state index contributed by atoms with van der Waals surface area (Å²) in [5, 5.41) is 32.4. The summed E-state index contributed by atoms with van der Waals surface area (Å²) in [5.74, 6) is -2.02. The van der Waals surface area contributed by atoms with Gasteiger partial charge in [0.2, 0.25) is 11.8 Å². The van der Waals surface area contributed by atoms with Gasteiger partial charge in [-0.05, 0) is 116 Å². The maximum Gasteiger partial charge on any atom is 1.00 e. The number of carbonyl (C=O) groups excluding carboxylic acids is 4. The van der Waals surface area contributed by atoms with Gasteiger partial charge in [-0.2, -0.15) is 0 Å². The number of carbonyl (C=O) groups is 4. The van der Waals surface area contributed by atoms with E-state index in [2.05, 4.69) is 64.0 Å². The molecule has 0 saturated heterocycles. The van der Waals surface area contributed by atoms with E-state index >= 15 is 0 Å². The number of unbranched alkanes of at least 4 members (excludes halogenated alkanes) is 18. The van der Waals surface area contributed by atoms with Crippen LogP contribution in [0, 0.1) is 0 Å². The van der Waals surface area contributed by atoms with Crippen molar-refractivity contribution in [1.29, 1.82) is 0 Å². The molecule has 0 aliphatic carbocycles. The van der Waals surface area contributed by atoms with Gasteiger partial charge in [0, 0.05) is 26.1 Å². The summed E-state index contributed by atoms with van der Waals surface area (Å²) in [5.41, 5.74) is 0. The van der Waals surface area contributed by atoms with Gasteiger partial charge in [0.25, 0.3) is 0 Å². The van der Waals surface area contributed by atoms with Gasteiger partial charge in [0.05, 0.1) is 19.6 Å². The van der Waals surface area contributed by atoms with Gasteiger partial charge in [0.15, 0.2) is 0 Å². The number of allylic oxidation sites excluding steroid dienone is 8. The van der Waals surface area contributed by atoms with Gasteiger partial charge in [-0.25, -0.2) is 0 Å². The van der Waals surface area contributed by atoms with Crippen molar-refractivity contribution in [2.75, 3.05) is 33.4 Å². The van der Waals surface area contributed by atoms with Crippen molar-refractivity contribution in [2.24, 2.45) is 0 Å². The molecule has 306 valence electrons. The number of carboxylic acid groups (broad SMARTS) is 1. The summed E-state index contributed by atoms with van der Waals surface area (Å²) >= 11 is 0. The molecule has 0 aliphatic rings. The molecule has 0 aromatic heterocycles. The molecule has 54 heavy (non-hydrogen) atoms. The molecular weight excluding hydrogens is 695 g/mol. The van der Waals surface area contributed by atoms with Crippen LogP contribution in [0.5, 0.6) is 0 Å². The van der Waals surface area contributed by atoms with E-state index in [9.17, 15) is 24.3 Å². The summed E-state index contributed by atoms with van der Waals surface area (Å²) < 4.78 is 4.46. The Morgan fingerprint density at radius 1 is 0.463 bits per heavy atom. The van der Waals surface area contributed by atoms with E-state index in [4.69, 9.17) is 10.2 Å². The number of rotatable bonds is 36. The standard InChI is InChI=1S/C22H39NO4.C21H37NO4.Na/c1-27-22(26)20-23-21(25)18-16-14-12-10-8-6-4-2-3-5-7-9-11-13-15-17-19-24;23-18-16-14-12-10-8-6-4-2-1-3-5-7-9-11-13-15-17-20(24)22-19-21(25)26;/h9-12,24H,2-8,13-20H2,1H3,(H,23,25);8-11,23H,1-7,12-19H2,(H,22,24)(H,25,26);/q;;+1/p-1/b11-9-,12-10-;10-8-,11-9-;. The van der Waals surface area contributed by atoms with E-state index in [1.54, 1.807) is 0 Å². The Balaban J connectivity index is -0.000000946. The second-order valence-corrected chi connectivity index (χ2v) is 13.3. The van der Waals surface area contributed by atoms with Crippen LogP contribution in [0.4, 0.5) is 0 Å². The van der Waals surface area contributed by atoms with Crippen molar-refractivity contribution >= 4 is 23.8 Å². The van der Waals surface area contributed by atoms with Crippen LogP contribution in [-0.4, -0.2) is 67.4 Å². The minimum Gasteiger partial charge on any atom is -0.548 e. The quantitative estimate of drug-likeness (QED) is 0.0314. The minimum absolute atomic E-state index is 0. The SMILES string of the molecule is COC(=O)CNC(=O)CCC/C=C\CCCCCCC/C=C\CCCCO.O=C([O-])CNC(=O)CCC/C=C\CCCCCCC/C=C\CCCCO.[Na+]. The third kappa shape index (κ3) is 51.9. The molecule has 2 amide bonds. The summed E-state index contributed by atoms with van der Waals surface area (Å²) in [7, 11) is 1.31. The van der Waals surface area contributed by atoms with Crippen LogP contribution in [0.25, 0.3) is 0 Å². The molecule has 0 radical (unpaired) electrons. The molecule has 0 aliphatic heterocycles. The Labute approximate surface area is 350 Å². The molecule has 4 N–H and O–H groups in total. The first-order valence-corrected chi connectivity index (χ1v) is 20.5. The average molecular weight is 771 g/mol. The van der Waals surface area contributed by atoms with Gasteiger partial charge in [0.1, 0.15) is 6.54 Å². The van der Waals surface area contributed by atoms with E-state index in [-0.39, 0.29) is 47.9 Å².